The molecule has 0 spiro atoms. The van der Waals surface area contributed by atoms with Crippen LogP contribution in [0.15, 0.2) is 18.2 Å². The van der Waals surface area contributed by atoms with Crippen LogP contribution in [0, 0.1) is 13.8 Å². The van der Waals surface area contributed by atoms with E-state index in [0.29, 0.717) is 19.3 Å². The summed E-state index contributed by atoms with van der Waals surface area (Å²) in [5.41, 5.74) is 4.68. The third kappa shape index (κ3) is 5.52. The van der Waals surface area contributed by atoms with E-state index in [1.54, 1.807) is 5.48 Å². The minimum Gasteiger partial charge on any atom is -0.326 e. The molecule has 104 valence electrons. The van der Waals surface area contributed by atoms with Crippen LogP contribution >= 0.6 is 0 Å². The molecule has 0 saturated heterocycles. The molecule has 0 fully saturated rings. The van der Waals surface area contributed by atoms with Crippen LogP contribution < -0.4 is 10.8 Å². The number of nitrogens with one attached hydrogen (secondary N) is 2. The lowest BCUT2D eigenvalue weighted by atomic mass is 10.1. The zero-order valence-corrected chi connectivity index (χ0v) is 11.3. The van der Waals surface area contributed by atoms with E-state index in [4.69, 9.17) is 5.21 Å². The van der Waals surface area contributed by atoms with Gasteiger partial charge in [0.1, 0.15) is 0 Å². The largest absolute Gasteiger partial charge is 0.326 e. The maximum atomic E-state index is 11.7. The number of aryl methyl sites for hydroxylation is 2. The summed E-state index contributed by atoms with van der Waals surface area (Å²) in [5, 5.41) is 11.1. The van der Waals surface area contributed by atoms with Crippen molar-refractivity contribution in [1.29, 1.82) is 0 Å². The van der Waals surface area contributed by atoms with Crippen molar-refractivity contribution in [2.24, 2.45) is 0 Å². The zero-order valence-electron chi connectivity index (χ0n) is 11.3. The number of hydroxylamine groups is 1. The summed E-state index contributed by atoms with van der Waals surface area (Å²) in [6.45, 7) is 4.02. The van der Waals surface area contributed by atoms with Gasteiger partial charge in [-0.1, -0.05) is 6.07 Å². The van der Waals surface area contributed by atoms with E-state index in [-0.39, 0.29) is 12.3 Å². The number of hydrogen-bond acceptors (Lipinski definition) is 3. The van der Waals surface area contributed by atoms with Crippen molar-refractivity contribution in [3.63, 3.8) is 0 Å². The summed E-state index contributed by atoms with van der Waals surface area (Å²) in [7, 11) is 0. The molecule has 0 saturated carbocycles. The highest BCUT2D eigenvalue weighted by molar-refractivity contribution is 5.90. The molecule has 3 N–H and O–H groups in total. The molecule has 0 aliphatic rings. The summed E-state index contributed by atoms with van der Waals surface area (Å²) < 4.78 is 0. The number of unbranched alkanes of at least 4 members (excludes halogenated alkanes) is 1. The maximum Gasteiger partial charge on any atom is 0.243 e. The van der Waals surface area contributed by atoms with Gasteiger partial charge in [-0.05, 0) is 49.9 Å². The summed E-state index contributed by atoms with van der Waals surface area (Å²) in [6.07, 6.45) is 1.79. The van der Waals surface area contributed by atoms with E-state index in [1.165, 1.54) is 5.56 Å². The van der Waals surface area contributed by atoms with Gasteiger partial charge in [0.2, 0.25) is 11.8 Å². The first-order chi connectivity index (χ1) is 9.02. The highest BCUT2D eigenvalue weighted by Gasteiger charge is 2.04. The summed E-state index contributed by atoms with van der Waals surface area (Å²) >= 11 is 0. The second-order valence-corrected chi connectivity index (χ2v) is 4.59. The number of amides is 2. The van der Waals surface area contributed by atoms with E-state index in [2.05, 4.69) is 5.32 Å². The minimum absolute atomic E-state index is 0.0624. The standard InChI is InChI=1S/C14H20N2O3/c1-10-7-8-12(9-11(10)2)15-13(17)5-3-4-6-14(18)16-19/h7-9,19H,3-6H2,1-2H3,(H,15,17)(H,16,18). The van der Waals surface area contributed by atoms with Crippen molar-refractivity contribution in [3.8, 4) is 0 Å². The van der Waals surface area contributed by atoms with Crippen molar-refractivity contribution in [2.45, 2.75) is 39.5 Å². The Morgan fingerprint density at radius 2 is 1.68 bits per heavy atom. The lowest BCUT2D eigenvalue weighted by Gasteiger charge is -2.07. The Morgan fingerprint density at radius 3 is 2.26 bits per heavy atom. The molecule has 0 bridgehead atoms. The average Bonchev–Trinajstić information content (AvgIpc) is 2.38. The van der Waals surface area contributed by atoms with Crippen LogP contribution in [-0.2, 0) is 9.59 Å². The van der Waals surface area contributed by atoms with Gasteiger partial charge in [-0.25, -0.2) is 5.48 Å². The quantitative estimate of drug-likeness (QED) is 0.419. The van der Waals surface area contributed by atoms with Gasteiger partial charge in [0.25, 0.3) is 0 Å². The van der Waals surface area contributed by atoms with Crippen LogP contribution in [0.2, 0.25) is 0 Å². The minimum atomic E-state index is -0.422. The van der Waals surface area contributed by atoms with E-state index >= 15 is 0 Å². The third-order valence-electron chi connectivity index (χ3n) is 2.97. The Kier molecular flexibility index (Phi) is 6.02. The van der Waals surface area contributed by atoms with Crippen molar-refractivity contribution in [3.05, 3.63) is 29.3 Å². The first-order valence-electron chi connectivity index (χ1n) is 6.33. The molecule has 5 heteroatoms. The molecule has 0 aliphatic carbocycles. The van der Waals surface area contributed by atoms with Gasteiger partial charge in [0.05, 0.1) is 0 Å². The number of anilines is 1. The molecule has 0 atom stereocenters. The molecule has 1 aromatic rings. The Balaban J connectivity index is 2.31. The van der Waals surface area contributed by atoms with Crippen LogP contribution in [0.3, 0.4) is 0 Å². The first kappa shape index (κ1) is 15.2. The smallest absolute Gasteiger partial charge is 0.243 e. The number of rotatable bonds is 6. The summed E-state index contributed by atoms with van der Waals surface area (Å²) in [4.78, 5) is 22.4. The molecule has 0 aliphatic heterocycles. The average molecular weight is 264 g/mol. The highest BCUT2D eigenvalue weighted by atomic mass is 16.5. The van der Waals surface area contributed by atoms with Crippen molar-refractivity contribution in [1.82, 2.24) is 5.48 Å². The highest BCUT2D eigenvalue weighted by Crippen LogP contribution is 2.14. The van der Waals surface area contributed by atoms with Crippen molar-refractivity contribution >= 4 is 17.5 Å². The molecule has 0 unspecified atom stereocenters. The normalized spacial score (nSPS) is 10.1. The Labute approximate surface area is 113 Å². The van der Waals surface area contributed by atoms with E-state index in [1.807, 2.05) is 32.0 Å². The molecule has 1 rings (SSSR count). The van der Waals surface area contributed by atoms with Gasteiger partial charge >= 0.3 is 0 Å². The van der Waals surface area contributed by atoms with Crippen molar-refractivity contribution < 1.29 is 14.8 Å². The number of benzene rings is 1. The molecular formula is C14H20N2O3. The Morgan fingerprint density at radius 1 is 1.05 bits per heavy atom. The van der Waals surface area contributed by atoms with Crippen LogP contribution in [-0.4, -0.2) is 17.0 Å². The van der Waals surface area contributed by atoms with Crippen LogP contribution in [0.4, 0.5) is 5.69 Å². The molecule has 1 aromatic carbocycles. The predicted molar refractivity (Wildman–Crippen MR) is 72.9 cm³/mol. The summed E-state index contributed by atoms with van der Waals surface area (Å²) in [6, 6.07) is 5.78. The fourth-order valence-electron chi connectivity index (χ4n) is 1.67. The van der Waals surface area contributed by atoms with Gasteiger partial charge in [-0.15, -0.1) is 0 Å². The Bertz CT molecular complexity index is 458. The fourth-order valence-corrected chi connectivity index (χ4v) is 1.67. The Hall–Kier alpha value is -1.88. The van der Waals surface area contributed by atoms with Crippen LogP contribution in [0.25, 0.3) is 0 Å². The van der Waals surface area contributed by atoms with Crippen LogP contribution in [0.1, 0.15) is 36.8 Å². The number of hydrogen-bond donors (Lipinski definition) is 3. The molecule has 19 heavy (non-hydrogen) atoms. The lowest BCUT2D eigenvalue weighted by Crippen LogP contribution is -2.18. The SMILES string of the molecule is Cc1ccc(NC(=O)CCCCC(=O)NO)cc1C. The van der Waals surface area contributed by atoms with Gasteiger partial charge in [0, 0.05) is 18.5 Å². The molecule has 0 radical (unpaired) electrons. The molecular weight excluding hydrogens is 244 g/mol. The maximum absolute atomic E-state index is 11.7. The number of carbonyl (C=O) groups excluding carboxylic acids is 2. The second kappa shape index (κ2) is 7.53. The molecule has 5 nitrogen and oxygen atoms in total. The lowest BCUT2D eigenvalue weighted by molar-refractivity contribution is -0.129. The van der Waals surface area contributed by atoms with Gasteiger partial charge < -0.3 is 5.32 Å². The van der Waals surface area contributed by atoms with E-state index in [0.717, 1.165) is 11.3 Å². The summed E-state index contributed by atoms with van der Waals surface area (Å²) in [5.74, 6) is -0.484. The van der Waals surface area contributed by atoms with Gasteiger partial charge in [-0.2, -0.15) is 0 Å². The van der Waals surface area contributed by atoms with E-state index < -0.39 is 5.91 Å². The van der Waals surface area contributed by atoms with E-state index in [9.17, 15) is 9.59 Å². The predicted octanol–water partition coefficient (Wildman–Crippen LogP) is 2.31. The molecule has 0 aromatic heterocycles. The first-order valence-corrected chi connectivity index (χ1v) is 6.33. The van der Waals surface area contributed by atoms with Crippen LogP contribution in [0.5, 0.6) is 0 Å². The molecule has 0 heterocycles. The fraction of sp³-hybridized carbons (Fsp3) is 0.429. The topological polar surface area (TPSA) is 78.4 Å². The third-order valence-corrected chi connectivity index (χ3v) is 2.97. The second-order valence-electron chi connectivity index (χ2n) is 4.59. The van der Waals surface area contributed by atoms with Gasteiger partial charge in [0.15, 0.2) is 0 Å². The number of carbonyl (C=O) groups is 2. The van der Waals surface area contributed by atoms with Crippen molar-refractivity contribution in [2.75, 3.05) is 5.32 Å². The monoisotopic (exact) mass is 264 g/mol. The molecule has 2 amide bonds. The van der Waals surface area contributed by atoms with Gasteiger partial charge in [-0.3, -0.25) is 14.8 Å². The zero-order chi connectivity index (χ0) is 14.3.